The number of hydrogen-bond donors (Lipinski definition) is 2. The molecule has 92 valence electrons. The molecule has 3 aliphatic rings. The minimum atomic E-state index is -0.623. The quantitative estimate of drug-likeness (QED) is 0.741. The first kappa shape index (κ1) is 11.0. The van der Waals surface area contributed by atoms with Crippen LogP contribution in [-0.4, -0.2) is 36.0 Å². The van der Waals surface area contributed by atoms with Gasteiger partial charge in [0, 0.05) is 25.6 Å². The summed E-state index contributed by atoms with van der Waals surface area (Å²) in [6.07, 6.45) is 6.32. The van der Waals surface area contributed by atoms with Gasteiger partial charge in [0.2, 0.25) is 0 Å². The Balaban J connectivity index is 1.54. The number of nitrogens with one attached hydrogen (secondary N) is 1. The van der Waals surface area contributed by atoms with Crippen molar-refractivity contribution in [1.29, 1.82) is 0 Å². The zero-order chi connectivity index (χ0) is 11.2. The van der Waals surface area contributed by atoms with Gasteiger partial charge in [0.25, 0.3) is 0 Å². The van der Waals surface area contributed by atoms with Crippen molar-refractivity contribution in [2.45, 2.75) is 56.8 Å². The fourth-order valence-corrected chi connectivity index (χ4v) is 2.93. The monoisotopic (exact) mass is 225 g/mol. The SMILES string of the molecule is CC1OCCC1(O)CNC(C1CC1)C1CC1. The minimum absolute atomic E-state index is 0.0148. The Morgan fingerprint density at radius 2 is 1.94 bits per heavy atom. The Labute approximate surface area is 97.6 Å². The zero-order valence-corrected chi connectivity index (χ0v) is 10.1. The molecule has 1 heterocycles. The molecule has 3 nitrogen and oxygen atoms in total. The summed E-state index contributed by atoms with van der Waals surface area (Å²) in [7, 11) is 0. The maximum atomic E-state index is 10.4. The first-order chi connectivity index (χ1) is 7.69. The summed E-state index contributed by atoms with van der Waals surface area (Å²) in [5.74, 6) is 1.79. The average Bonchev–Trinajstić information content (AvgIpc) is 3.12. The summed E-state index contributed by atoms with van der Waals surface area (Å²) in [5.41, 5.74) is -0.623. The maximum Gasteiger partial charge on any atom is 0.105 e. The molecule has 1 aliphatic heterocycles. The zero-order valence-electron chi connectivity index (χ0n) is 10.1. The predicted molar refractivity (Wildman–Crippen MR) is 62.2 cm³/mol. The van der Waals surface area contributed by atoms with Gasteiger partial charge in [0.1, 0.15) is 5.60 Å². The minimum Gasteiger partial charge on any atom is -0.386 e. The Bertz CT molecular complexity index is 251. The largest absolute Gasteiger partial charge is 0.386 e. The molecule has 0 spiro atoms. The standard InChI is InChI=1S/C13H23NO2/c1-9-13(15,6-7-16-9)8-14-12(10-2-3-10)11-4-5-11/h9-12,14-15H,2-8H2,1H3. The van der Waals surface area contributed by atoms with E-state index in [-0.39, 0.29) is 6.10 Å². The third-order valence-electron chi connectivity index (χ3n) is 4.56. The van der Waals surface area contributed by atoms with Gasteiger partial charge in [-0.3, -0.25) is 0 Å². The molecule has 2 unspecified atom stereocenters. The van der Waals surface area contributed by atoms with Crippen LogP contribution in [0.2, 0.25) is 0 Å². The number of hydrogen-bond acceptors (Lipinski definition) is 3. The van der Waals surface area contributed by atoms with Gasteiger partial charge in [-0.25, -0.2) is 0 Å². The van der Waals surface area contributed by atoms with Crippen LogP contribution in [0.3, 0.4) is 0 Å². The van der Waals surface area contributed by atoms with Crippen LogP contribution in [0.1, 0.15) is 39.0 Å². The van der Waals surface area contributed by atoms with Gasteiger partial charge in [0.05, 0.1) is 6.10 Å². The van der Waals surface area contributed by atoms with E-state index in [1.165, 1.54) is 25.7 Å². The van der Waals surface area contributed by atoms with E-state index in [9.17, 15) is 5.11 Å². The predicted octanol–water partition coefficient (Wildman–Crippen LogP) is 1.30. The summed E-state index contributed by atoms with van der Waals surface area (Å²) in [6, 6.07) is 0.678. The van der Waals surface area contributed by atoms with Crippen molar-refractivity contribution in [3.63, 3.8) is 0 Å². The van der Waals surface area contributed by atoms with Gasteiger partial charge in [-0.05, 0) is 44.4 Å². The highest BCUT2D eigenvalue weighted by molar-refractivity contribution is 4.99. The van der Waals surface area contributed by atoms with Gasteiger partial charge in [-0.15, -0.1) is 0 Å². The van der Waals surface area contributed by atoms with Crippen LogP contribution in [0.4, 0.5) is 0 Å². The molecule has 0 aromatic heterocycles. The first-order valence-corrected chi connectivity index (χ1v) is 6.76. The van der Waals surface area contributed by atoms with E-state index in [0.29, 0.717) is 19.2 Å². The highest BCUT2D eigenvalue weighted by Gasteiger charge is 2.44. The summed E-state index contributed by atoms with van der Waals surface area (Å²) >= 11 is 0. The lowest BCUT2D eigenvalue weighted by atomic mass is 9.95. The van der Waals surface area contributed by atoms with E-state index < -0.39 is 5.60 Å². The van der Waals surface area contributed by atoms with Crippen molar-refractivity contribution in [3.05, 3.63) is 0 Å². The fraction of sp³-hybridized carbons (Fsp3) is 1.00. The highest BCUT2D eigenvalue weighted by Crippen LogP contribution is 2.44. The fourth-order valence-electron chi connectivity index (χ4n) is 2.93. The van der Waals surface area contributed by atoms with Crippen LogP contribution >= 0.6 is 0 Å². The highest BCUT2D eigenvalue weighted by atomic mass is 16.5. The van der Waals surface area contributed by atoms with Crippen molar-refractivity contribution >= 4 is 0 Å². The molecule has 0 aromatic rings. The molecule has 2 saturated carbocycles. The van der Waals surface area contributed by atoms with Crippen LogP contribution in [0, 0.1) is 11.8 Å². The smallest absolute Gasteiger partial charge is 0.105 e. The van der Waals surface area contributed by atoms with E-state index in [0.717, 1.165) is 18.3 Å². The molecule has 2 N–H and O–H groups in total. The van der Waals surface area contributed by atoms with Crippen molar-refractivity contribution in [1.82, 2.24) is 5.32 Å². The molecule has 3 rings (SSSR count). The molecule has 3 heteroatoms. The van der Waals surface area contributed by atoms with Crippen molar-refractivity contribution < 1.29 is 9.84 Å². The summed E-state index contributed by atoms with van der Waals surface area (Å²) in [6.45, 7) is 3.40. The van der Waals surface area contributed by atoms with Gasteiger partial charge in [-0.1, -0.05) is 0 Å². The molecule has 2 atom stereocenters. The van der Waals surface area contributed by atoms with Crippen molar-refractivity contribution in [3.8, 4) is 0 Å². The molecule has 2 aliphatic carbocycles. The van der Waals surface area contributed by atoms with Crippen LogP contribution in [-0.2, 0) is 4.74 Å². The second-order valence-corrected chi connectivity index (χ2v) is 5.95. The first-order valence-electron chi connectivity index (χ1n) is 6.76. The molecular weight excluding hydrogens is 202 g/mol. The third-order valence-corrected chi connectivity index (χ3v) is 4.56. The van der Waals surface area contributed by atoms with Crippen LogP contribution in [0.15, 0.2) is 0 Å². The third kappa shape index (κ3) is 2.13. The molecule has 0 amide bonds. The molecule has 0 radical (unpaired) electrons. The molecule has 0 bridgehead atoms. The van der Waals surface area contributed by atoms with E-state index in [2.05, 4.69) is 5.32 Å². The topological polar surface area (TPSA) is 41.5 Å². The Kier molecular flexibility index (Phi) is 2.73. The summed E-state index contributed by atoms with van der Waals surface area (Å²) in [4.78, 5) is 0. The summed E-state index contributed by atoms with van der Waals surface area (Å²) < 4.78 is 5.46. The molecular formula is C13H23NO2. The molecule has 0 aromatic carbocycles. The lowest BCUT2D eigenvalue weighted by Gasteiger charge is -2.29. The van der Waals surface area contributed by atoms with Gasteiger partial charge in [-0.2, -0.15) is 0 Å². The lowest BCUT2D eigenvalue weighted by molar-refractivity contribution is -0.0284. The normalized spacial score (nSPS) is 39.6. The maximum absolute atomic E-state index is 10.4. The molecule has 1 saturated heterocycles. The van der Waals surface area contributed by atoms with E-state index in [1.807, 2.05) is 6.92 Å². The lowest BCUT2D eigenvalue weighted by Crippen LogP contribution is -2.49. The number of aliphatic hydroxyl groups is 1. The van der Waals surface area contributed by atoms with Gasteiger partial charge < -0.3 is 15.2 Å². The van der Waals surface area contributed by atoms with Crippen LogP contribution in [0.25, 0.3) is 0 Å². The van der Waals surface area contributed by atoms with Crippen LogP contribution < -0.4 is 5.32 Å². The number of ether oxygens (including phenoxy) is 1. The van der Waals surface area contributed by atoms with Crippen molar-refractivity contribution in [2.24, 2.45) is 11.8 Å². The summed E-state index contributed by atoms with van der Waals surface area (Å²) in [5, 5.41) is 14.1. The second kappa shape index (κ2) is 3.97. The van der Waals surface area contributed by atoms with Gasteiger partial charge in [0.15, 0.2) is 0 Å². The number of rotatable bonds is 5. The molecule has 3 fully saturated rings. The Hall–Kier alpha value is -0.120. The van der Waals surface area contributed by atoms with Crippen LogP contribution in [0.5, 0.6) is 0 Å². The molecule has 16 heavy (non-hydrogen) atoms. The van der Waals surface area contributed by atoms with Crippen molar-refractivity contribution in [2.75, 3.05) is 13.2 Å². The van der Waals surface area contributed by atoms with E-state index in [1.54, 1.807) is 0 Å². The Morgan fingerprint density at radius 1 is 1.31 bits per heavy atom. The second-order valence-electron chi connectivity index (χ2n) is 5.95. The average molecular weight is 225 g/mol. The van der Waals surface area contributed by atoms with E-state index in [4.69, 9.17) is 4.74 Å². The Morgan fingerprint density at radius 3 is 2.38 bits per heavy atom. The van der Waals surface area contributed by atoms with Gasteiger partial charge >= 0.3 is 0 Å². The van der Waals surface area contributed by atoms with E-state index >= 15 is 0 Å².